The molecule has 0 heterocycles. The quantitative estimate of drug-likeness (QED) is 0.257. The number of unbranched alkanes of at least 4 members (excludes halogenated alkanes) is 9. The minimum absolute atomic E-state index is 0.0143. The number of carbonyl (C=O) groups excluding carboxylic acids is 2. The Bertz CT molecular complexity index is 373. The molecule has 0 aliphatic carbocycles. The minimum Gasteiger partial charge on any atom is -0.464 e. The van der Waals surface area contributed by atoms with Crippen LogP contribution < -0.4 is 0 Å². The maximum atomic E-state index is 11.7. The maximum Gasteiger partial charge on any atom is 0.325 e. The molecule has 0 unspecified atom stereocenters. The van der Waals surface area contributed by atoms with Crippen molar-refractivity contribution in [3.8, 4) is 0 Å². The number of likely N-dealkylation sites (N-methyl/N-ethyl adjacent to an activating group) is 1. The molecule has 4 heteroatoms. The Kier molecular flexibility index (Phi) is 14.4. The van der Waals surface area contributed by atoms with Crippen molar-refractivity contribution in [3.63, 3.8) is 0 Å². The number of hydrogen-bond donors (Lipinski definition) is 0. The van der Waals surface area contributed by atoms with Crippen LogP contribution in [0.1, 0.15) is 85.0 Å². The van der Waals surface area contributed by atoms with Crippen LogP contribution in [0, 0.1) is 0 Å². The van der Waals surface area contributed by atoms with E-state index in [1.165, 1.54) is 62.3 Å². The number of ether oxygens (including phenoxy) is 1. The Morgan fingerprint density at radius 2 is 1.38 bits per heavy atom. The third-order valence-corrected chi connectivity index (χ3v) is 3.92. The molecule has 24 heavy (non-hydrogen) atoms. The molecule has 0 saturated heterocycles. The van der Waals surface area contributed by atoms with E-state index in [2.05, 4.69) is 6.92 Å². The molecular formula is C20H37NO3. The van der Waals surface area contributed by atoms with Crippen LogP contribution in [0.3, 0.4) is 0 Å². The summed E-state index contributed by atoms with van der Waals surface area (Å²) < 4.78 is 5.19. The fourth-order valence-corrected chi connectivity index (χ4v) is 2.45. The predicted molar refractivity (Wildman–Crippen MR) is 99.9 cm³/mol. The first-order valence-corrected chi connectivity index (χ1v) is 9.53. The van der Waals surface area contributed by atoms with Gasteiger partial charge in [0, 0.05) is 13.1 Å². The van der Waals surface area contributed by atoms with Crippen LogP contribution >= 0.6 is 0 Å². The van der Waals surface area contributed by atoms with E-state index in [1.54, 1.807) is 7.05 Å². The zero-order valence-corrected chi connectivity index (χ0v) is 16.2. The molecule has 0 N–H and O–H groups in total. The van der Waals surface area contributed by atoms with Crippen molar-refractivity contribution in [1.82, 2.24) is 4.90 Å². The lowest BCUT2D eigenvalue weighted by atomic mass is 10.1. The zero-order valence-electron chi connectivity index (χ0n) is 16.2. The number of rotatable bonds is 14. The van der Waals surface area contributed by atoms with E-state index in [-0.39, 0.29) is 18.4 Å². The van der Waals surface area contributed by atoms with E-state index in [9.17, 15) is 9.59 Å². The van der Waals surface area contributed by atoms with Crippen LogP contribution in [-0.4, -0.2) is 37.0 Å². The van der Waals surface area contributed by atoms with Crippen LogP contribution in [0.4, 0.5) is 0 Å². The molecule has 0 rings (SSSR count). The first kappa shape index (κ1) is 22.7. The van der Waals surface area contributed by atoms with Crippen molar-refractivity contribution in [3.05, 3.63) is 11.6 Å². The van der Waals surface area contributed by atoms with Crippen molar-refractivity contribution in [2.75, 3.05) is 20.2 Å². The summed E-state index contributed by atoms with van der Waals surface area (Å²) in [4.78, 5) is 24.7. The van der Waals surface area contributed by atoms with Gasteiger partial charge in [0.05, 0.1) is 6.61 Å². The minimum atomic E-state index is -0.330. The number of esters is 1. The fraction of sp³-hybridized carbons (Fsp3) is 0.800. The van der Waals surface area contributed by atoms with Crippen molar-refractivity contribution in [2.45, 2.75) is 85.0 Å². The van der Waals surface area contributed by atoms with E-state index in [0.717, 1.165) is 18.4 Å². The van der Waals surface area contributed by atoms with Crippen molar-refractivity contribution < 1.29 is 14.3 Å². The van der Waals surface area contributed by atoms with Crippen LogP contribution in [0.5, 0.6) is 0 Å². The van der Waals surface area contributed by atoms with Gasteiger partial charge in [-0.15, -0.1) is 0 Å². The molecule has 4 nitrogen and oxygen atoms in total. The number of nitrogens with zero attached hydrogens (tertiary/aromatic N) is 1. The molecular weight excluding hydrogens is 302 g/mol. The topological polar surface area (TPSA) is 46.6 Å². The summed E-state index contributed by atoms with van der Waals surface area (Å²) in [5.74, 6) is -0.491. The number of allylic oxidation sites excluding steroid dienone is 1. The first-order chi connectivity index (χ1) is 11.5. The first-order valence-electron chi connectivity index (χ1n) is 9.53. The summed E-state index contributed by atoms with van der Waals surface area (Å²) in [6.45, 7) is 6.43. The average molecular weight is 340 g/mol. The van der Waals surface area contributed by atoms with Gasteiger partial charge >= 0.3 is 5.97 Å². The van der Waals surface area contributed by atoms with Gasteiger partial charge in [-0.05, 0) is 20.3 Å². The molecule has 140 valence electrons. The largest absolute Gasteiger partial charge is 0.464 e. The lowest BCUT2D eigenvalue weighted by molar-refractivity contribution is -0.147. The molecule has 0 aromatic heterocycles. The summed E-state index contributed by atoms with van der Waals surface area (Å²) in [6, 6.07) is 0. The molecule has 0 fully saturated rings. The molecule has 1 amide bonds. The highest BCUT2D eigenvalue weighted by atomic mass is 16.5. The monoisotopic (exact) mass is 339 g/mol. The normalized spacial score (nSPS) is 10.3. The summed E-state index contributed by atoms with van der Waals surface area (Å²) in [7, 11) is 1.61. The summed E-state index contributed by atoms with van der Waals surface area (Å²) in [5.41, 5.74) is 0.922. The Balaban J connectivity index is 3.49. The third-order valence-electron chi connectivity index (χ3n) is 3.92. The Morgan fingerprint density at radius 1 is 0.875 bits per heavy atom. The van der Waals surface area contributed by atoms with E-state index >= 15 is 0 Å². The van der Waals surface area contributed by atoms with Crippen molar-refractivity contribution >= 4 is 11.9 Å². The van der Waals surface area contributed by atoms with Gasteiger partial charge in [0.15, 0.2) is 0 Å². The van der Waals surface area contributed by atoms with Crippen molar-refractivity contribution in [2.24, 2.45) is 0 Å². The van der Waals surface area contributed by atoms with Crippen LogP contribution in [0.2, 0.25) is 0 Å². The van der Waals surface area contributed by atoms with Gasteiger partial charge in [-0.2, -0.15) is 0 Å². The lowest BCUT2D eigenvalue weighted by Crippen LogP contribution is -2.32. The van der Waals surface area contributed by atoms with Crippen LogP contribution in [-0.2, 0) is 14.3 Å². The SMILES string of the molecule is CCCCCCCCCCCCOC(=O)CN(C)C(=O)C=C(C)C. The molecule has 0 bridgehead atoms. The van der Waals surface area contributed by atoms with Gasteiger partial charge in [0.2, 0.25) is 5.91 Å². The average Bonchev–Trinajstić information content (AvgIpc) is 2.51. The summed E-state index contributed by atoms with van der Waals surface area (Å²) in [5, 5.41) is 0. The van der Waals surface area contributed by atoms with E-state index in [1.807, 2.05) is 13.8 Å². The molecule has 0 atom stereocenters. The maximum absolute atomic E-state index is 11.7. The summed E-state index contributed by atoms with van der Waals surface area (Å²) >= 11 is 0. The second-order valence-corrected chi connectivity index (χ2v) is 6.82. The second-order valence-electron chi connectivity index (χ2n) is 6.82. The highest BCUT2D eigenvalue weighted by molar-refractivity contribution is 5.90. The Morgan fingerprint density at radius 3 is 1.88 bits per heavy atom. The van der Waals surface area contributed by atoms with Gasteiger partial charge in [-0.3, -0.25) is 9.59 Å². The smallest absolute Gasteiger partial charge is 0.325 e. The lowest BCUT2D eigenvalue weighted by Gasteiger charge is -2.14. The summed E-state index contributed by atoms with van der Waals surface area (Å²) in [6.07, 6.45) is 14.1. The van der Waals surface area contributed by atoms with Crippen molar-refractivity contribution in [1.29, 1.82) is 0 Å². The Labute approximate surface area is 148 Å². The number of carbonyl (C=O) groups is 2. The Hall–Kier alpha value is -1.32. The zero-order chi connectivity index (χ0) is 18.2. The molecule has 0 aromatic carbocycles. The van der Waals surface area contributed by atoms with Gasteiger partial charge in [0.25, 0.3) is 0 Å². The number of amides is 1. The molecule has 0 aliphatic rings. The number of hydrogen-bond acceptors (Lipinski definition) is 3. The molecule has 0 spiro atoms. The second kappa shape index (κ2) is 15.2. The fourth-order valence-electron chi connectivity index (χ4n) is 2.45. The van der Waals surface area contributed by atoms with Gasteiger partial charge < -0.3 is 9.64 Å². The molecule has 0 aromatic rings. The highest BCUT2D eigenvalue weighted by Gasteiger charge is 2.11. The van der Waals surface area contributed by atoms with Crippen LogP contribution in [0.15, 0.2) is 11.6 Å². The van der Waals surface area contributed by atoms with E-state index < -0.39 is 0 Å². The van der Waals surface area contributed by atoms with Gasteiger partial charge in [-0.25, -0.2) is 0 Å². The molecule has 0 aliphatic heterocycles. The van der Waals surface area contributed by atoms with E-state index in [0.29, 0.717) is 6.61 Å². The highest BCUT2D eigenvalue weighted by Crippen LogP contribution is 2.10. The van der Waals surface area contributed by atoms with E-state index in [4.69, 9.17) is 4.74 Å². The molecule has 0 radical (unpaired) electrons. The molecule has 0 saturated carbocycles. The predicted octanol–water partition coefficient (Wildman–Crippen LogP) is 4.88. The standard InChI is InChI=1S/C20H37NO3/c1-5-6-7-8-9-10-11-12-13-14-15-24-20(23)17-21(4)19(22)16-18(2)3/h16H,5-15,17H2,1-4H3. The van der Waals surface area contributed by atoms with Gasteiger partial charge in [-0.1, -0.05) is 70.3 Å². The van der Waals surface area contributed by atoms with Gasteiger partial charge in [0.1, 0.15) is 6.54 Å². The van der Waals surface area contributed by atoms with Crippen LogP contribution in [0.25, 0.3) is 0 Å². The third kappa shape index (κ3) is 14.3.